The van der Waals surface area contributed by atoms with Gasteiger partial charge in [0.1, 0.15) is 5.82 Å². The number of benzene rings is 1. The molecule has 0 spiro atoms. The van der Waals surface area contributed by atoms with Crippen LogP contribution in [0.1, 0.15) is 27.8 Å². The number of aliphatic hydroxyl groups is 1. The molecule has 0 aliphatic carbocycles. The Kier molecular flexibility index (Phi) is 6.25. The van der Waals surface area contributed by atoms with Gasteiger partial charge in [-0.3, -0.25) is 9.59 Å². The van der Waals surface area contributed by atoms with E-state index in [1.165, 1.54) is 29.5 Å². The van der Waals surface area contributed by atoms with E-state index in [2.05, 4.69) is 10.6 Å². The van der Waals surface area contributed by atoms with Crippen LogP contribution in [0.2, 0.25) is 0 Å². The largest absolute Gasteiger partial charge is 0.388 e. The maximum atomic E-state index is 13.1. The first-order valence-electron chi connectivity index (χ1n) is 7.08. The van der Waals surface area contributed by atoms with Gasteiger partial charge in [0.25, 0.3) is 5.91 Å². The summed E-state index contributed by atoms with van der Waals surface area (Å²) in [7, 11) is 0. The molecule has 1 aromatic carbocycles. The molecular weight excluding hydrogens is 319 g/mol. The molecular formula is C16H17FN2O3S. The van der Waals surface area contributed by atoms with Crippen LogP contribution >= 0.6 is 11.3 Å². The highest BCUT2D eigenvalue weighted by atomic mass is 32.1. The Morgan fingerprint density at radius 2 is 1.96 bits per heavy atom. The van der Waals surface area contributed by atoms with Gasteiger partial charge in [-0.2, -0.15) is 0 Å². The number of hydrogen-bond donors (Lipinski definition) is 3. The molecule has 0 aliphatic heterocycles. The molecule has 5 nitrogen and oxygen atoms in total. The van der Waals surface area contributed by atoms with Crippen LogP contribution in [0.25, 0.3) is 0 Å². The van der Waals surface area contributed by atoms with Crippen LogP contribution in [0.4, 0.5) is 4.39 Å². The highest BCUT2D eigenvalue weighted by Gasteiger charge is 2.13. The summed E-state index contributed by atoms with van der Waals surface area (Å²) in [5.41, 5.74) is 0.353. The van der Waals surface area contributed by atoms with E-state index in [9.17, 15) is 19.1 Å². The molecule has 1 unspecified atom stereocenters. The monoisotopic (exact) mass is 336 g/mol. The van der Waals surface area contributed by atoms with Crippen LogP contribution < -0.4 is 10.6 Å². The SMILES string of the molecule is O=C(CC(O)c1cccc(F)c1)NCCNC(=O)c1cccs1. The minimum atomic E-state index is -1.06. The van der Waals surface area contributed by atoms with E-state index >= 15 is 0 Å². The molecule has 122 valence electrons. The number of amides is 2. The number of thiophene rings is 1. The van der Waals surface area contributed by atoms with Crippen molar-refractivity contribution in [3.63, 3.8) is 0 Å². The minimum Gasteiger partial charge on any atom is -0.388 e. The van der Waals surface area contributed by atoms with Crippen molar-refractivity contribution >= 4 is 23.2 Å². The maximum absolute atomic E-state index is 13.1. The lowest BCUT2D eigenvalue weighted by Gasteiger charge is -2.11. The quantitative estimate of drug-likeness (QED) is 0.675. The van der Waals surface area contributed by atoms with Crippen LogP contribution in [-0.2, 0) is 4.79 Å². The Morgan fingerprint density at radius 1 is 1.17 bits per heavy atom. The van der Waals surface area contributed by atoms with Crippen LogP contribution in [0.15, 0.2) is 41.8 Å². The Balaban J connectivity index is 1.68. The average Bonchev–Trinajstić information content (AvgIpc) is 3.06. The first-order chi connectivity index (χ1) is 11.1. The second-order valence-electron chi connectivity index (χ2n) is 4.86. The van der Waals surface area contributed by atoms with Crippen molar-refractivity contribution in [1.29, 1.82) is 0 Å². The summed E-state index contributed by atoms with van der Waals surface area (Å²) in [6, 6.07) is 9.00. The van der Waals surface area contributed by atoms with Gasteiger partial charge in [0, 0.05) is 13.1 Å². The molecule has 2 amide bonds. The van der Waals surface area contributed by atoms with Crippen molar-refractivity contribution < 1.29 is 19.1 Å². The summed E-state index contributed by atoms with van der Waals surface area (Å²) in [6.07, 6.45) is -1.23. The molecule has 23 heavy (non-hydrogen) atoms. The van der Waals surface area contributed by atoms with E-state index in [-0.39, 0.29) is 24.8 Å². The van der Waals surface area contributed by atoms with Crippen molar-refractivity contribution in [2.24, 2.45) is 0 Å². The predicted octanol–water partition coefficient (Wildman–Crippen LogP) is 1.86. The second-order valence-corrected chi connectivity index (χ2v) is 5.81. The van der Waals surface area contributed by atoms with Crippen molar-refractivity contribution in [2.75, 3.05) is 13.1 Å². The predicted molar refractivity (Wildman–Crippen MR) is 85.6 cm³/mol. The third-order valence-electron chi connectivity index (χ3n) is 3.09. The van der Waals surface area contributed by atoms with E-state index in [0.717, 1.165) is 0 Å². The lowest BCUT2D eigenvalue weighted by atomic mass is 10.1. The normalized spacial score (nSPS) is 11.7. The smallest absolute Gasteiger partial charge is 0.261 e. The third kappa shape index (κ3) is 5.46. The standard InChI is InChI=1S/C16H17FN2O3S/c17-12-4-1-3-11(9-12)13(20)10-15(21)18-6-7-19-16(22)14-5-2-8-23-14/h1-5,8-9,13,20H,6-7,10H2,(H,18,21)(H,19,22). The summed E-state index contributed by atoms with van der Waals surface area (Å²) in [4.78, 5) is 24.0. The van der Waals surface area contributed by atoms with E-state index < -0.39 is 11.9 Å². The fourth-order valence-corrected chi connectivity index (χ4v) is 2.59. The lowest BCUT2D eigenvalue weighted by molar-refractivity contribution is -0.123. The van der Waals surface area contributed by atoms with Gasteiger partial charge in [0.05, 0.1) is 17.4 Å². The molecule has 0 aliphatic rings. The Bertz CT molecular complexity index is 661. The summed E-state index contributed by atoms with van der Waals surface area (Å²) in [6.45, 7) is 0.546. The van der Waals surface area contributed by atoms with Gasteiger partial charge < -0.3 is 15.7 Å². The van der Waals surface area contributed by atoms with Gasteiger partial charge in [-0.15, -0.1) is 11.3 Å². The number of nitrogens with one attached hydrogen (secondary N) is 2. The molecule has 2 aromatic rings. The first-order valence-corrected chi connectivity index (χ1v) is 7.96. The zero-order valence-corrected chi connectivity index (χ0v) is 13.1. The number of halogens is 1. The number of hydrogen-bond acceptors (Lipinski definition) is 4. The van der Waals surface area contributed by atoms with Crippen LogP contribution in [0.5, 0.6) is 0 Å². The van der Waals surface area contributed by atoms with Crippen molar-refractivity contribution in [1.82, 2.24) is 10.6 Å². The first kappa shape index (κ1) is 17.1. The minimum absolute atomic E-state index is 0.164. The Morgan fingerprint density at radius 3 is 2.65 bits per heavy atom. The zero-order valence-electron chi connectivity index (χ0n) is 12.3. The van der Waals surface area contributed by atoms with E-state index in [1.54, 1.807) is 18.2 Å². The summed E-state index contributed by atoms with van der Waals surface area (Å²) in [5, 5.41) is 17.0. The van der Waals surface area contributed by atoms with Crippen LogP contribution in [0.3, 0.4) is 0 Å². The molecule has 3 N–H and O–H groups in total. The molecule has 0 fully saturated rings. The summed E-state index contributed by atoms with van der Waals surface area (Å²) in [5.74, 6) is -1.01. The van der Waals surface area contributed by atoms with Gasteiger partial charge in [-0.1, -0.05) is 18.2 Å². The van der Waals surface area contributed by atoms with Gasteiger partial charge in [0.15, 0.2) is 0 Å². The average molecular weight is 336 g/mol. The fourth-order valence-electron chi connectivity index (χ4n) is 1.95. The molecule has 1 aromatic heterocycles. The number of aliphatic hydroxyl groups excluding tert-OH is 1. The van der Waals surface area contributed by atoms with E-state index in [1.807, 2.05) is 5.38 Å². The number of rotatable bonds is 7. The molecule has 2 rings (SSSR count). The van der Waals surface area contributed by atoms with Crippen molar-refractivity contribution in [3.8, 4) is 0 Å². The van der Waals surface area contributed by atoms with Gasteiger partial charge in [0.2, 0.25) is 5.91 Å². The maximum Gasteiger partial charge on any atom is 0.261 e. The van der Waals surface area contributed by atoms with Gasteiger partial charge in [-0.05, 0) is 29.1 Å². The highest BCUT2D eigenvalue weighted by Crippen LogP contribution is 2.17. The van der Waals surface area contributed by atoms with Gasteiger partial charge >= 0.3 is 0 Å². The van der Waals surface area contributed by atoms with Crippen molar-refractivity contribution in [2.45, 2.75) is 12.5 Å². The molecule has 0 radical (unpaired) electrons. The van der Waals surface area contributed by atoms with Gasteiger partial charge in [-0.25, -0.2) is 4.39 Å². The van der Waals surface area contributed by atoms with Crippen molar-refractivity contribution in [3.05, 3.63) is 58.0 Å². The molecule has 1 heterocycles. The van der Waals surface area contributed by atoms with Crippen LogP contribution in [0, 0.1) is 5.82 Å². The summed E-state index contributed by atoms with van der Waals surface area (Å²) >= 11 is 1.34. The molecule has 0 saturated carbocycles. The Hall–Kier alpha value is -2.25. The number of carbonyl (C=O) groups excluding carboxylic acids is 2. The van der Waals surface area contributed by atoms with Crippen LogP contribution in [-0.4, -0.2) is 30.0 Å². The molecule has 7 heteroatoms. The molecule has 1 atom stereocenters. The Labute approximate surface area is 137 Å². The van der Waals surface area contributed by atoms with E-state index in [4.69, 9.17) is 0 Å². The topological polar surface area (TPSA) is 78.4 Å². The molecule has 0 bridgehead atoms. The second kappa shape index (κ2) is 8.40. The number of carbonyl (C=O) groups is 2. The fraction of sp³-hybridized carbons (Fsp3) is 0.250. The third-order valence-corrected chi connectivity index (χ3v) is 3.96. The highest BCUT2D eigenvalue weighted by molar-refractivity contribution is 7.12. The molecule has 0 saturated heterocycles. The van der Waals surface area contributed by atoms with E-state index in [0.29, 0.717) is 17.0 Å². The summed E-state index contributed by atoms with van der Waals surface area (Å²) < 4.78 is 13.1. The zero-order chi connectivity index (χ0) is 16.7. The lowest BCUT2D eigenvalue weighted by Crippen LogP contribution is -2.34.